The third-order valence-electron chi connectivity index (χ3n) is 3.37. The Bertz CT molecular complexity index is 158. The fourth-order valence-corrected chi connectivity index (χ4v) is 3.52. The predicted molar refractivity (Wildman–Crippen MR) is 79.0 cm³/mol. The Morgan fingerprint density at radius 3 is 1.59 bits per heavy atom. The van der Waals surface area contributed by atoms with E-state index in [-0.39, 0.29) is 0 Å². The fraction of sp³-hybridized carbons (Fsp3) is 1.00. The molecule has 1 fully saturated rings. The summed E-state index contributed by atoms with van der Waals surface area (Å²) >= 11 is 2.10. The summed E-state index contributed by atoms with van der Waals surface area (Å²) in [4.78, 5) is 0. The highest BCUT2D eigenvalue weighted by Crippen LogP contribution is 2.26. The van der Waals surface area contributed by atoms with Gasteiger partial charge < -0.3 is 0 Å². The Morgan fingerprint density at radius 2 is 1.18 bits per heavy atom. The Kier molecular flexibility index (Phi) is 9.21. The summed E-state index contributed by atoms with van der Waals surface area (Å²) in [6, 6.07) is 0. The van der Waals surface area contributed by atoms with E-state index >= 15 is 0 Å². The van der Waals surface area contributed by atoms with Crippen LogP contribution in [0.2, 0.25) is 0 Å². The van der Waals surface area contributed by atoms with Crippen LogP contribution < -0.4 is 10.9 Å². The van der Waals surface area contributed by atoms with Gasteiger partial charge in [-0.3, -0.25) is 0 Å². The number of thioether (sulfide) groups is 1. The first-order chi connectivity index (χ1) is 8.36. The van der Waals surface area contributed by atoms with Crippen molar-refractivity contribution in [1.29, 1.82) is 0 Å². The number of hydrazine groups is 1. The predicted octanol–water partition coefficient (Wildman–Crippen LogP) is 4.42. The number of hydrogen-bond donors (Lipinski definition) is 2. The standard InChI is InChI=1S/C14H30N2S/c1-3-5-7-9-11-13-15-16-14(17-13)12-10-8-6-4-2/h13-16H,3-12H2,1-2H3/t13-,14+. The molecule has 1 rings (SSSR count). The molecule has 1 heterocycles. The second kappa shape index (κ2) is 10.2. The number of nitrogens with one attached hydrogen (secondary N) is 2. The molecule has 0 bridgehead atoms. The zero-order valence-electron chi connectivity index (χ0n) is 11.6. The molecule has 17 heavy (non-hydrogen) atoms. The lowest BCUT2D eigenvalue weighted by Gasteiger charge is -2.09. The molecule has 2 nitrogen and oxygen atoms in total. The van der Waals surface area contributed by atoms with Crippen LogP contribution >= 0.6 is 11.8 Å². The zero-order chi connectivity index (χ0) is 12.3. The van der Waals surface area contributed by atoms with Crippen molar-refractivity contribution in [3.63, 3.8) is 0 Å². The highest BCUT2D eigenvalue weighted by atomic mass is 32.2. The first-order valence-corrected chi connectivity index (χ1v) is 8.47. The molecule has 0 aliphatic carbocycles. The summed E-state index contributed by atoms with van der Waals surface area (Å²) in [6.45, 7) is 4.55. The van der Waals surface area contributed by atoms with E-state index in [4.69, 9.17) is 0 Å². The first kappa shape index (κ1) is 15.3. The van der Waals surface area contributed by atoms with Crippen molar-refractivity contribution >= 4 is 11.8 Å². The molecule has 1 saturated heterocycles. The summed E-state index contributed by atoms with van der Waals surface area (Å²) in [5.41, 5.74) is 6.87. The van der Waals surface area contributed by atoms with E-state index in [1.807, 2.05) is 0 Å². The van der Waals surface area contributed by atoms with Gasteiger partial charge in [-0.25, -0.2) is 10.9 Å². The Balaban J connectivity index is 1.95. The minimum Gasteiger partial charge on any atom is -0.244 e. The Hall–Kier alpha value is 0.270. The van der Waals surface area contributed by atoms with Crippen LogP contribution in [0.1, 0.15) is 78.1 Å². The second-order valence-electron chi connectivity index (χ2n) is 5.10. The molecule has 102 valence electrons. The van der Waals surface area contributed by atoms with Crippen LogP contribution in [-0.2, 0) is 0 Å². The first-order valence-electron chi connectivity index (χ1n) is 7.53. The summed E-state index contributed by atoms with van der Waals surface area (Å²) in [6.07, 6.45) is 13.7. The van der Waals surface area contributed by atoms with Crippen molar-refractivity contribution in [2.75, 3.05) is 0 Å². The van der Waals surface area contributed by atoms with Crippen LogP contribution in [-0.4, -0.2) is 10.7 Å². The maximum atomic E-state index is 3.44. The van der Waals surface area contributed by atoms with E-state index in [0.29, 0.717) is 10.7 Å². The average molecular weight is 258 g/mol. The second-order valence-corrected chi connectivity index (χ2v) is 6.51. The minimum atomic E-state index is 0.656. The van der Waals surface area contributed by atoms with Crippen LogP contribution in [0.5, 0.6) is 0 Å². The summed E-state index contributed by atoms with van der Waals surface area (Å²) in [5.74, 6) is 0. The number of hydrogen-bond acceptors (Lipinski definition) is 3. The summed E-state index contributed by atoms with van der Waals surface area (Å²) in [7, 11) is 0. The monoisotopic (exact) mass is 258 g/mol. The molecule has 3 heteroatoms. The molecule has 1 aliphatic rings. The SMILES string of the molecule is CCCCCC[C@@H]1NN[C@H](CCCCCC)S1. The van der Waals surface area contributed by atoms with Gasteiger partial charge in [-0.15, -0.1) is 11.8 Å². The molecule has 2 atom stereocenters. The minimum absolute atomic E-state index is 0.656. The summed E-state index contributed by atoms with van der Waals surface area (Å²) in [5, 5.41) is 1.31. The largest absolute Gasteiger partial charge is 0.244 e. The van der Waals surface area contributed by atoms with Gasteiger partial charge in [0.15, 0.2) is 0 Å². The van der Waals surface area contributed by atoms with Crippen LogP contribution in [0.3, 0.4) is 0 Å². The van der Waals surface area contributed by atoms with E-state index in [9.17, 15) is 0 Å². The molecular formula is C14H30N2S. The molecule has 0 unspecified atom stereocenters. The topological polar surface area (TPSA) is 24.1 Å². The highest BCUT2D eigenvalue weighted by molar-refractivity contribution is 8.00. The lowest BCUT2D eigenvalue weighted by molar-refractivity contribution is 0.479. The van der Waals surface area contributed by atoms with E-state index < -0.39 is 0 Å². The Morgan fingerprint density at radius 1 is 0.706 bits per heavy atom. The fourth-order valence-electron chi connectivity index (χ4n) is 2.25. The van der Waals surface area contributed by atoms with Gasteiger partial charge in [-0.1, -0.05) is 65.2 Å². The van der Waals surface area contributed by atoms with Crippen molar-refractivity contribution in [1.82, 2.24) is 10.9 Å². The third kappa shape index (κ3) is 7.32. The van der Waals surface area contributed by atoms with Crippen LogP contribution in [0.4, 0.5) is 0 Å². The molecule has 0 aromatic carbocycles. The van der Waals surface area contributed by atoms with E-state index in [1.165, 1.54) is 64.2 Å². The van der Waals surface area contributed by atoms with E-state index in [2.05, 4.69) is 36.5 Å². The van der Waals surface area contributed by atoms with Gasteiger partial charge in [0.05, 0.1) is 10.7 Å². The van der Waals surface area contributed by atoms with Crippen molar-refractivity contribution < 1.29 is 0 Å². The molecule has 0 saturated carbocycles. The number of rotatable bonds is 10. The maximum absolute atomic E-state index is 3.44. The lowest BCUT2D eigenvalue weighted by Crippen LogP contribution is -2.33. The van der Waals surface area contributed by atoms with Crippen LogP contribution in [0.25, 0.3) is 0 Å². The molecule has 0 aromatic heterocycles. The van der Waals surface area contributed by atoms with E-state index in [1.54, 1.807) is 0 Å². The van der Waals surface area contributed by atoms with E-state index in [0.717, 1.165) is 0 Å². The highest BCUT2D eigenvalue weighted by Gasteiger charge is 2.22. The van der Waals surface area contributed by atoms with Gasteiger partial charge in [0.2, 0.25) is 0 Å². The van der Waals surface area contributed by atoms with Crippen molar-refractivity contribution in [3.8, 4) is 0 Å². The van der Waals surface area contributed by atoms with Crippen molar-refractivity contribution in [2.24, 2.45) is 0 Å². The molecule has 0 aromatic rings. The Labute approximate surface area is 112 Å². The molecule has 0 amide bonds. The number of unbranched alkanes of at least 4 members (excludes halogenated alkanes) is 6. The average Bonchev–Trinajstić information content (AvgIpc) is 2.78. The lowest BCUT2D eigenvalue weighted by atomic mass is 10.1. The van der Waals surface area contributed by atoms with Crippen molar-refractivity contribution in [2.45, 2.75) is 88.8 Å². The third-order valence-corrected chi connectivity index (χ3v) is 4.74. The molecule has 0 radical (unpaired) electrons. The van der Waals surface area contributed by atoms with Gasteiger partial charge in [-0.2, -0.15) is 0 Å². The van der Waals surface area contributed by atoms with Gasteiger partial charge in [0.1, 0.15) is 0 Å². The normalized spacial score (nSPS) is 24.4. The van der Waals surface area contributed by atoms with Gasteiger partial charge in [0.25, 0.3) is 0 Å². The smallest absolute Gasteiger partial charge is 0.0682 e. The molecular weight excluding hydrogens is 228 g/mol. The maximum Gasteiger partial charge on any atom is 0.0682 e. The van der Waals surface area contributed by atoms with Crippen LogP contribution in [0.15, 0.2) is 0 Å². The van der Waals surface area contributed by atoms with Crippen LogP contribution in [0, 0.1) is 0 Å². The molecule has 1 aliphatic heterocycles. The van der Waals surface area contributed by atoms with Gasteiger partial charge in [-0.05, 0) is 12.8 Å². The molecule has 2 N–H and O–H groups in total. The van der Waals surface area contributed by atoms with Crippen molar-refractivity contribution in [3.05, 3.63) is 0 Å². The molecule has 0 spiro atoms. The summed E-state index contributed by atoms with van der Waals surface area (Å²) < 4.78 is 0. The zero-order valence-corrected chi connectivity index (χ0v) is 12.5. The van der Waals surface area contributed by atoms with Gasteiger partial charge >= 0.3 is 0 Å². The quantitative estimate of drug-likeness (QED) is 0.567. The van der Waals surface area contributed by atoms with Gasteiger partial charge in [0, 0.05) is 0 Å².